The maximum Gasteiger partial charge on any atom is 0.410 e. The van der Waals surface area contributed by atoms with Crippen molar-refractivity contribution in [1.82, 2.24) is 9.88 Å². The number of phenols is 1. The van der Waals surface area contributed by atoms with Crippen molar-refractivity contribution in [3.63, 3.8) is 0 Å². The first-order valence-electron chi connectivity index (χ1n) is 6.77. The van der Waals surface area contributed by atoms with Gasteiger partial charge in [-0.25, -0.2) is 4.79 Å². The predicted octanol–water partition coefficient (Wildman–Crippen LogP) is 3.31. The van der Waals surface area contributed by atoms with E-state index < -0.39 is 5.60 Å². The minimum Gasteiger partial charge on any atom is -0.506 e. The molecule has 0 unspecified atom stereocenters. The summed E-state index contributed by atoms with van der Waals surface area (Å²) in [6.45, 7) is 5.88. The molecule has 0 bridgehead atoms. The van der Waals surface area contributed by atoms with E-state index in [0.29, 0.717) is 12.1 Å². The summed E-state index contributed by atoms with van der Waals surface area (Å²) in [5.41, 5.74) is 0.918. The summed E-state index contributed by atoms with van der Waals surface area (Å²) in [6.07, 6.45) is 1.25. The number of rotatable bonds is 2. The van der Waals surface area contributed by atoms with E-state index in [1.165, 1.54) is 4.90 Å². The highest BCUT2D eigenvalue weighted by molar-refractivity contribution is 5.87. The van der Waals surface area contributed by atoms with Gasteiger partial charge in [-0.1, -0.05) is 12.1 Å². The van der Waals surface area contributed by atoms with E-state index in [1.807, 2.05) is 26.8 Å². The Morgan fingerprint density at radius 1 is 1.33 bits per heavy atom. The van der Waals surface area contributed by atoms with Gasteiger partial charge in [-0.2, -0.15) is 0 Å². The molecule has 2 aromatic rings. The molecule has 1 aromatic heterocycles. The van der Waals surface area contributed by atoms with Gasteiger partial charge in [0.05, 0.1) is 0 Å². The lowest BCUT2D eigenvalue weighted by Crippen LogP contribution is -2.33. The zero-order valence-electron chi connectivity index (χ0n) is 12.8. The second-order valence-electron chi connectivity index (χ2n) is 5.98. The molecular weight excluding hydrogens is 268 g/mol. The van der Waals surface area contributed by atoms with E-state index in [1.54, 1.807) is 31.4 Å². The van der Waals surface area contributed by atoms with Crippen LogP contribution in [-0.2, 0) is 11.3 Å². The van der Waals surface area contributed by atoms with Crippen LogP contribution >= 0.6 is 0 Å². The number of nitrogens with zero attached hydrogens (tertiary/aromatic N) is 2. The normalized spacial score (nSPS) is 11.4. The summed E-state index contributed by atoms with van der Waals surface area (Å²) in [5.74, 6) is 0.134. The number of pyridine rings is 1. The molecular formula is C16H20N2O3. The number of phenolic OH excluding ortho intramolecular Hbond substituents is 1. The van der Waals surface area contributed by atoms with Gasteiger partial charge < -0.3 is 14.7 Å². The highest BCUT2D eigenvalue weighted by Crippen LogP contribution is 2.26. The smallest absolute Gasteiger partial charge is 0.410 e. The zero-order valence-corrected chi connectivity index (χ0v) is 12.8. The molecule has 0 saturated heterocycles. The van der Waals surface area contributed by atoms with Crippen LogP contribution in [0.5, 0.6) is 5.75 Å². The molecule has 0 aliphatic rings. The third kappa shape index (κ3) is 3.62. The van der Waals surface area contributed by atoms with Gasteiger partial charge in [-0.3, -0.25) is 4.98 Å². The standard InChI is InChI=1S/C16H20N2O3/c1-16(2,3)21-15(20)18(4)10-11-7-8-13(19)14-12(11)6-5-9-17-14/h5-9,19H,10H2,1-4H3. The number of aromatic nitrogens is 1. The third-order valence-electron chi connectivity index (χ3n) is 2.95. The quantitative estimate of drug-likeness (QED) is 0.921. The first-order chi connectivity index (χ1) is 9.78. The van der Waals surface area contributed by atoms with E-state index in [4.69, 9.17) is 4.74 Å². The largest absolute Gasteiger partial charge is 0.506 e. The van der Waals surface area contributed by atoms with Crippen molar-refractivity contribution >= 4 is 17.0 Å². The van der Waals surface area contributed by atoms with Crippen LogP contribution in [0.2, 0.25) is 0 Å². The number of ether oxygens (including phenoxy) is 1. The van der Waals surface area contributed by atoms with Gasteiger partial charge in [0.15, 0.2) is 0 Å². The van der Waals surface area contributed by atoms with Gasteiger partial charge in [0, 0.05) is 25.2 Å². The molecule has 1 amide bonds. The summed E-state index contributed by atoms with van der Waals surface area (Å²) < 4.78 is 5.33. The molecule has 112 valence electrons. The molecule has 21 heavy (non-hydrogen) atoms. The van der Waals surface area contributed by atoms with E-state index in [2.05, 4.69) is 4.98 Å². The third-order valence-corrected chi connectivity index (χ3v) is 2.95. The second kappa shape index (κ2) is 5.60. The van der Waals surface area contributed by atoms with Gasteiger partial charge in [0.2, 0.25) is 0 Å². The first-order valence-corrected chi connectivity index (χ1v) is 6.77. The average Bonchev–Trinajstić information content (AvgIpc) is 2.40. The number of amides is 1. The van der Waals surface area contributed by atoms with Crippen LogP contribution < -0.4 is 0 Å². The molecule has 0 aliphatic heterocycles. The SMILES string of the molecule is CN(Cc1ccc(O)c2ncccc12)C(=O)OC(C)(C)C. The number of carbonyl (C=O) groups is 1. The molecule has 1 heterocycles. The molecule has 0 fully saturated rings. The van der Waals surface area contributed by atoms with Crippen LogP contribution in [0.4, 0.5) is 4.79 Å². The van der Waals surface area contributed by atoms with E-state index in [-0.39, 0.29) is 11.8 Å². The Balaban J connectivity index is 2.24. The number of benzene rings is 1. The summed E-state index contributed by atoms with van der Waals surface area (Å²) in [7, 11) is 1.68. The van der Waals surface area contributed by atoms with Gasteiger partial charge in [-0.15, -0.1) is 0 Å². The highest BCUT2D eigenvalue weighted by Gasteiger charge is 2.20. The molecule has 0 saturated carbocycles. The van der Waals surface area contributed by atoms with Gasteiger partial charge >= 0.3 is 6.09 Å². The second-order valence-corrected chi connectivity index (χ2v) is 5.98. The van der Waals surface area contributed by atoms with Crippen molar-refractivity contribution in [3.05, 3.63) is 36.0 Å². The van der Waals surface area contributed by atoms with Crippen molar-refractivity contribution < 1.29 is 14.6 Å². The van der Waals surface area contributed by atoms with Gasteiger partial charge in [-0.05, 0) is 38.5 Å². The van der Waals surface area contributed by atoms with Gasteiger partial charge in [0.1, 0.15) is 16.9 Å². The minimum atomic E-state index is -0.524. The Hall–Kier alpha value is -2.30. The Kier molecular flexibility index (Phi) is 4.02. The monoisotopic (exact) mass is 288 g/mol. The van der Waals surface area contributed by atoms with Crippen molar-refractivity contribution in [2.45, 2.75) is 32.9 Å². The molecule has 5 nitrogen and oxygen atoms in total. The molecule has 5 heteroatoms. The Morgan fingerprint density at radius 3 is 2.71 bits per heavy atom. The summed E-state index contributed by atoms with van der Waals surface area (Å²) in [4.78, 5) is 17.7. The Bertz CT molecular complexity index is 662. The van der Waals surface area contributed by atoms with Crippen molar-refractivity contribution in [2.24, 2.45) is 0 Å². The topological polar surface area (TPSA) is 62.7 Å². The molecule has 0 aliphatic carbocycles. The summed E-state index contributed by atoms with van der Waals surface area (Å²) in [6, 6.07) is 7.06. The molecule has 0 atom stereocenters. The lowest BCUT2D eigenvalue weighted by atomic mass is 10.1. The van der Waals surface area contributed by atoms with E-state index in [9.17, 15) is 9.90 Å². The zero-order chi connectivity index (χ0) is 15.6. The maximum absolute atomic E-state index is 12.0. The highest BCUT2D eigenvalue weighted by atomic mass is 16.6. The van der Waals surface area contributed by atoms with Crippen LogP contribution in [0.25, 0.3) is 10.9 Å². The first kappa shape index (κ1) is 15.1. The number of hydrogen-bond acceptors (Lipinski definition) is 4. The Morgan fingerprint density at radius 2 is 2.05 bits per heavy atom. The number of carbonyl (C=O) groups excluding carboxylic acids is 1. The van der Waals surface area contributed by atoms with Crippen molar-refractivity contribution in [2.75, 3.05) is 7.05 Å². The van der Waals surface area contributed by atoms with Crippen LogP contribution in [-0.4, -0.2) is 33.7 Å². The van der Waals surface area contributed by atoms with Crippen LogP contribution in [0.15, 0.2) is 30.5 Å². The number of fused-ring (bicyclic) bond motifs is 1. The number of hydrogen-bond donors (Lipinski definition) is 1. The molecule has 0 radical (unpaired) electrons. The van der Waals surface area contributed by atoms with Crippen LogP contribution in [0.3, 0.4) is 0 Å². The van der Waals surface area contributed by atoms with E-state index >= 15 is 0 Å². The molecule has 1 N–H and O–H groups in total. The number of aromatic hydroxyl groups is 1. The Labute approximate surface area is 124 Å². The van der Waals surface area contributed by atoms with Gasteiger partial charge in [0.25, 0.3) is 0 Å². The fraction of sp³-hybridized carbons (Fsp3) is 0.375. The van der Waals surface area contributed by atoms with E-state index in [0.717, 1.165) is 10.9 Å². The summed E-state index contributed by atoms with van der Waals surface area (Å²) in [5, 5.41) is 10.7. The maximum atomic E-state index is 12.0. The fourth-order valence-electron chi connectivity index (χ4n) is 2.01. The lowest BCUT2D eigenvalue weighted by Gasteiger charge is -2.25. The molecule has 0 spiro atoms. The van der Waals surface area contributed by atoms with Crippen LogP contribution in [0.1, 0.15) is 26.3 Å². The van der Waals surface area contributed by atoms with Crippen molar-refractivity contribution in [3.8, 4) is 5.75 Å². The lowest BCUT2D eigenvalue weighted by molar-refractivity contribution is 0.0286. The summed E-state index contributed by atoms with van der Waals surface area (Å²) >= 11 is 0. The molecule has 1 aromatic carbocycles. The predicted molar refractivity (Wildman–Crippen MR) is 81.1 cm³/mol. The van der Waals surface area contributed by atoms with Crippen LogP contribution in [0, 0.1) is 0 Å². The van der Waals surface area contributed by atoms with Crippen molar-refractivity contribution in [1.29, 1.82) is 0 Å². The average molecular weight is 288 g/mol. The molecule has 2 rings (SSSR count). The minimum absolute atomic E-state index is 0.134. The fourth-order valence-corrected chi connectivity index (χ4v) is 2.01.